The van der Waals surface area contributed by atoms with Gasteiger partial charge in [0.05, 0.1) is 17.3 Å². The maximum Gasteiger partial charge on any atom is 0.252 e. The van der Waals surface area contributed by atoms with E-state index in [0.717, 1.165) is 24.6 Å². The Bertz CT molecular complexity index is 670. The van der Waals surface area contributed by atoms with Gasteiger partial charge in [-0.3, -0.25) is 9.48 Å². The molecule has 0 aromatic carbocycles. The summed E-state index contributed by atoms with van der Waals surface area (Å²) in [4.78, 5) is 18.3. The number of aryl methyl sites for hydroxylation is 2. The molecule has 1 fully saturated rings. The van der Waals surface area contributed by atoms with Gasteiger partial charge in [0.15, 0.2) is 0 Å². The van der Waals surface area contributed by atoms with Crippen molar-refractivity contribution in [2.75, 3.05) is 24.5 Å². The van der Waals surface area contributed by atoms with Crippen LogP contribution in [0.1, 0.15) is 34.7 Å². The van der Waals surface area contributed by atoms with E-state index in [4.69, 9.17) is 0 Å². The molecule has 116 valence electrons. The zero-order valence-electron chi connectivity index (χ0n) is 13.2. The molecule has 1 saturated heterocycles. The lowest BCUT2D eigenvalue weighted by molar-refractivity contribution is 0.0955. The Labute approximate surface area is 130 Å². The summed E-state index contributed by atoms with van der Waals surface area (Å²) in [6, 6.07) is 6.23. The van der Waals surface area contributed by atoms with Crippen LogP contribution in [0.25, 0.3) is 0 Å². The predicted molar refractivity (Wildman–Crippen MR) is 85.2 cm³/mol. The Morgan fingerprint density at radius 2 is 2.14 bits per heavy atom. The van der Waals surface area contributed by atoms with Gasteiger partial charge < -0.3 is 10.2 Å². The zero-order valence-corrected chi connectivity index (χ0v) is 13.2. The number of nitrogens with one attached hydrogen (secondary N) is 1. The summed E-state index contributed by atoms with van der Waals surface area (Å²) in [6.45, 7) is 8.42. The van der Waals surface area contributed by atoms with Gasteiger partial charge in [-0.15, -0.1) is 0 Å². The SMILES string of the molecule is CCNC(=O)c1ccc(N2CC(n3nc(C)cc3C)C2)nc1. The van der Waals surface area contributed by atoms with E-state index in [2.05, 4.69) is 38.0 Å². The minimum atomic E-state index is -0.0781. The summed E-state index contributed by atoms with van der Waals surface area (Å²) >= 11 is 0. The first-order valence-corrected chi connectivity index (χ1v) is 7.60. The summed E-state index contributed by atoms with van der Waals surface area (Å²) in [5.74, 6) is 0.830. The molecule has 0 atom stereocenters. The lowest BCUT2D eigenvalue weighted by Crippen LogP contribution is -2.48. The van der Waals surface area contributed by atoms with Gasteiger partial charge in [0.25, 0.3) is 5.91 Å². The maximum absolute atomic E-state index is 11.7. The van der Waals surface area contributed by atoms with Crippen molar-refractivity contribution in [3.63, 3.8) is 0 Å². The Morgan fingerprint density at radius 3 is 2.68 bits per heavy atom. The molecule has 2 aromatic rings. The second-order valence-electron chi connectivity index (χ2n) is 5.70. The molecule has 22 heavy (non-hydrogen) atoms. The van der Waals surface area contributed by atoms with Gasteiger partial charge in [-0.2, -0.15) is 5.10 Å². The molecule has 0 bridgehead atoms. The topological polar surface area (TPSA) is 63.1 Å². The van der Waals surface area contributed by atoms with Gasteiger partial charge in [0.1, 0.15) is 5.82 Å². The highest BCUT2D eigenvalue weighted by atomic mass is 16.1. The van der Waals surface area contributed by atoms with Gasteiger partial charge in [-0.25, -0.2) is 4.98 Å². The van der Waals surface area contributed by atoms with Gasteiger partial charge in [0.2, 0.25) is 0 Å². The molecule has 3 heterocycles. The normalized spacial score (nSPS) is 14.8. The van der Waals surface area contributed by atoms with Gasteiger partial charge >= 0.3 is 0 Å². The number of hydrogen-bond acceptors (Lipinski definition) is 4. The molecule has 1 N–H and O–H groups in total. The molecule has 0 spiro atoms. The Balaban J connectivity index is 1.63. The first-order chi connectivity index (χ1) is 10.6. The first kappa shape index (κ1) is 14.6. The lowest BCUT2D eigenvalue weighted by atomic mass is 10.1. The third kappa shape index (κ3) is 2.68. The number of hydrogen-bond donors (Lipinski definition) is 1. The van der Waals surface area contributed by atoms with Crippen molar-refractivity contribution < 1.29 is 4.79 Å². The third-order valence-electron chi connectivity index (χ3n) is 3.92. The quantitative estimate of drug-likeness (QED) is 0.933. The number of amides is 1. The van der Waals surface area contributed by atoms with Crippen molar-refractivity contribution in [1.29, 1.82) is 0 Å². The van der Waals surface area contributed by atoms with E-state index in [-0.39, 0.29) is 5.91 Å². The van der Waals surface area contributed by atoms with E-state index in [1.165, 1.54) is 5.69 Å². The number of carbonyl (C=O) groups is 1. The number of rotatable bonds is 4. The standard InChI is InChI=1S/C16H21N5O/c1-4-17-16(22)13-5-6-15(18-8-13)20-9-14(10-20)21-12(3)7-11(2)19-21/h5-8,14H,4,9-10H2,1-3H3,(H,17,22). The number of carbonyl (C=O) groups excluding carboxylic acids is 1. The molecule has 0 saturated carbocycles. The zero-order chi connectivity index (χ0) is 15.7. The maximum atomic E-state index is 11.7. The molecule has 0 aliphatic carbocycles. The average molecular weight is 299 g/mol. The van der Waals surface area contributed by atoms with E-state index in [9.17, 15) is 4.79 Å². The summed E-state index contributed by atoms with van der Waals surface area (Å²) < 4.78 is 2.09. The van der Waals surface area contributed by atoms with Crippen LogP contribution in [0.2, 0.25) is 0 Å². The molecule has 0 unspecified atom stereocenters. The highest BCUT2D eigenvalue weighted by molar-refractivity contribution is 5.94. The fraction of sp³-hybridized carbons (Fsp3) is 0.438. The van der Waals surface area contributed by atoms with Crippen LogP contribution in [0.3, 0.4) is 0 Å². The van der Waals surface area contributed by atoms with Crippen LogP contribution in [-0.2, 0) is 0 Å². The third-order valence-corrected chi connectivity index (χ3v) is 3.92. The minimum Gasteiger partial charge on any atom is -0.352 e. The molecule has 6 heteroatoms. The lowest BCUT2D eigenvalue weighted by Gasteiger charge is -2.40. The van der Waals surface area contributed by atoms with Crippen LogP contribution >= 0.6 is 0 Å². The highest BCUT2D eigenvalue weighted by Crippen LogP contribution is 2.27. The van der Waals surface area contributed by atoms with Crippen molar-refractivity contribution in [2.24, 2.45) is 0 Å². The monoisotopic (exact) mass is 299 g/mol. The number of anilines is 1. The van der Waals surface area contributed by atoms with Crippen LogP contribution in [0.15, 0.2) is 24.4 Å². The summed E-state index contributed by atoms with van der Waals surface area (Å²) in [5.41, 5.74) is 2.85. The molecule has 3 rings (SSSR count). The summed E-state index contributed by atoms with van der Waals surface area (Å²) in [7, 11) is 0. The number of nitrogens with zero attached hydrogens (tertiary/aromatic N) is 4. The second kappa shape index (κ2) is 5.79. The van der Waals surface area contributed by atoms with Gasteiger partial charge in [0, 0.05) is 31.5 Å². The molecule has 1 aliphatic rings. The first-order valence-electron chi connectivity index (χ1n) is 7.60. The van der Waals surface area contributed by atoms with Crippen molar-refractivity contribution in [3.05, 3.63) is 41.3 Å². The van der Waals surface area contributed by atoms with Crippen molar-refractivity contribution in [1.82, 2.24) is 20.1 Å². The van der Waals surface area contributed by atoms with E-state index in [0.29, 0.717) is 18.2 Å². The predicted octanol–water partition coefficient (Wildman–Crippen LogP) is 1.71. The Kier molecular flexibility index (Phi) is 3.83. The van der Waals surface area contributed by atoms with E-state index in [1.54, 1.807) is 6.20 Å². The molecule has 1 amide bonds. The smallest absolute Gasteiger partial charge is 0.252 e. The van der Waals surface area contributed by atoms with Crippen LogP contribution in [0, 0.1) is 13.8 Å². The fourth-order valence-corrected chi connectivity index (χ4v) is 2.78. The molecular weight excluding hydrogens is 278 g/mol. The van der Waals surface area contributed by atoms with Gasteiger partial charge in [-0.05, 0) is 39.0 Å². The van der Waals surface area contributed by atoms with Crippen molar-refractivity contribution in [3.8, 4) is 0 Å². The summed E-state index contributed by atoms with van der Waals surface area (Å²) in [5, 5.41) is 7.31. The molecule has 0 radical (unpaired) electrons. The van der Waals surface area contributed by atoms with E-state index >= 15 is 0 Å². The molecule has 6 nitrogen and oxygen atoms in total. The number of pyridine rings is 1. The van der Waals surface area contributed by atoms with Crippen molar-refractivity contribution in [2.45, 2.75) is 26.8 Å². The second-order valence-corrected chi connectivity index (χ2v) is 5.70. The average Bonchev–Trinajstić information content (AvgIpc) is 2.77. The van der Waals surface area contributed by atoms with Crippen LogP contribution in [-0.4, -0.2) is 40.3 Å². The summed E-state index contributed by atoms with van der Waals surface area (Å²) in [6.07, 6.45) is 1.64. The van der Waals surface area contributed by atoms with Crippen LogP contribution < -0.4 is 10.2 Å². The molecule has 1 aliphatic heterocycles. The molecule has 2 aromatic heterocycles. The largest absolute Gasteiger partial charge is 0.352 e. The molecular formula is C16H21N5O. The van der Waals surface area contributed by atoms with Crippen molar-refractivity contribution >= 4 is 11.7 Å². The fourth-order valence-electron chi connectivity index (χ4n) is 2.78. The van der Waals surface area contributed by atoms with E-state index < -0.39 is 0 Å². The minimum absolute atomic E-state index is 0.0781. The Hall–Kier alpha value is -2.37. The van der Waals surface area contributed by atoms with Crippen LogP contribution in [0.4, 0.5) is 5.82 Å². The van der Waals surface area contributed by atoms with Gasteiger partial charge in [-0.1, -0.05) is 0 Å². The Morgan fingerprint density at radius 1 is 1.36 bits per heavy atom. The highest BCUT2D eigenvalue weighted by Gasteiger charge is 2.30. The number of aromatic nitrogens is 3. The van der Waals surface area contributed by atoms with Crippen LogP contribution in [0.5, 0.6) is 0 Å². The van der Waals surface area contributed by atoms with E-state index in [1.807, 2.05) is 26.0 Å².